The lowest BCUT2D eigenvalue weighted by Gasteiger charge is -2.23. The largest absolute Gasteiger partial charge is 0.409 e. The highest BCUT2D eigenvalue weighted by atomic mass is 19.4. The van der Waals surface area contributed by atoms with Crippen LogP contribution in [0.1, 0.15) is 12.5 Å². The molecule has 0 fully saturated rings. The van der Waals surface area contributed by atoms with Gasteiger partial charge < -0.3 is 15.8 Å². The second-order valence-electron chi connectivity index (χ2n) is 3.52. The zero-order chi connectivity index (χ0) is 13.8. The van der Waals surface area contributed by atoms with Crippen LogP contribution in [-0.2, 0) is 0 Å². The quantitative estimate of drug-likeness (QED) is 0.374. The zero-order valence-corrected chi connectivity index (χ0v) is 9.65. The Balaban J connectivity index is 2.89. The molecule has 0 aliphatic rings. The number of nitrogens with zero attached hydrogens (tertiary/aromatic N) is 3. The molecule has 1 heterocycles. The molecule has 8 heteroatoms. The van der Waals surface area contributed by atoms with Gasteiger partial charge in [-0.2, -0.15) is 13.2 Å². The van der Waals surface area contributed by atoms with Crippen LogP contribution in [0.4, 0.5) is 19.0 Å². The number of nitrogens with two attached hydrogens (primary N) is 1. The Morgan fingerprint density at radius 1 is 1.50 bits per heavy atom. The molecule has 0 radical (unpaired) electrons. The number of pyridine rings is 1. The van der Waals surface area contributed by atoms with Crippen molar-refractivity contribution in [2.75, 3.05) is 18.0 Å². The molecule has 0 amide bonds. The van der Waals surface area contributed by atoms with Gasteiger partial charge in [0.1, 0.15) is 12.4 Å². The fourth-order valence-electron chi connectivity index (χ4n) is 1.35. The lowest BCUT2D eigenvalue weighted by molar-refractivity contribution is -0.119. The van der Waals surface area contributed by atoms with Gasteiger partial charge in [0.05, 0.1) is 0 Å². The molecule has 100 valence electrons. The molecule has 0 aliphatic heterocycles. The molecule has 5 nitrogen and oxygen atoms in total. The molecular formula is C10H13F3N4O. The predicted octanol–water partition coefficient (Wildman–Crippen LogP) is 1.56. The SMILES string of the molecule is CCN(CC(F)(F)F)c1ccc(/C(N)=N/O)cn1. The van der Waals surface area contributed by atoms with Gasteiger partial charge in [-0.1, -0.05) is 5.16 Å². The van der Waals surface area contributed by atoms with Crippen LogP contribution in [0.5, 0.6) is 0 Å². The predicted molar refractivity (Wildman–Crippen MR) is 60.7 cm³/mol. The Kier molecular flexibility index (Phi) is 4.35. The summed E-state index contributed by atoms with van der Waals surface area (Å²) in [5.41, 5.74) is 5.66. The Hall–Kier alpha value is -1.99. The summed E-state index contributed by atoms with van der Waals surface area (Å²) in [7, 11) is 0. The van der Waals surface area contributed by atoms with Gasteiger partial charge in [0.25, 0.3) is 0 Å². The van der Waals surface area contributed by atoms with Gasteiger partial charge in [-0.05, 0) is 19.1 Å². The van der Waals surface area contributed by atoms with Crippen LogP contribution in [0.2, 0.25) is 0 Å². The molecule has 0 bridgehead atoms. The zero-order valence-electron chi connectivity index (χ0n) is 9.65. The smallest absolute Gasteiger partial charge is 0.405 e. The lowest BCUT2D eigenvalue weighted by Crippen LogP contribution is -2.34. The number of anilines is 1. The summed E-state index contributed by atoms with van der Waals surface area (Å²) in [5.74, 6) is 0.0391. The van der Waals surface area contributed by atoms with Crippen molar-refractivity contribution in [2.45, 2.75) is 13.1 Å². The molecule has 0 saturated carbocycles. The molecule has 0 aliphatic carbocycles. The van der Waals surface area contributed by atoms with Gasteiger partial charge in [0, 0.05) is 18.3 Å². The summed E-state index contributed by atoms with van der Waals surface area (Å²) in [6, 6.07) is 2.83. The highest BCUT2D eigenvalue weighted by Crippen LogP contribution is 2.20. The Morgan fingerprint density at radius 3 is 2.56 bits per heavy atom. The monoisotopic (exact) mass is 262 g/mol. The number of rotatable bonds is 4. The fourth-order valence-corrected chi connectivity index (χ4v) is 1.35. The normalized spacial score (nSPS) is 12.6. The van der Waals surface area contributed by atoms with Gasteiger partial charge in [-0.3, -0.25) is 0 Å². The van der Waals surface area contributed by atoms with Crippen molar-refractivity contribution in [3.05, 3.63) is 23.9 Å². The summed E-state index contributed by atoms with van der Waals surface area (Å²) < 4.78 is 36.9. The van der Waals surface area contributed by atoms with Crippen LogP contribution in [0.3, 0.4) is 0 Å². The maximum Gasteiger partial charge on any atom is 0.405 e. The van der Waals surface area contributed by atoms with Gasteiger partial charge in [-0.15, -0.1) is 0 Å². The number of alkyl halides is 3. The van der Waals surface area contributed by atoms with Gasteiger partial charge in [-0.25, -0.2) is 4.98 Å². The third-order valence-corrected chi connectivity index (χ3v) is 2.23. The number of amidine groups is 1. The van der Waals surface area contributed by atoms with Gasteiger partial charge in [0.2, 0.25) is 0 Å². The molecule has 0 unspecified atom stereocenters. The summed E-state index contributed by atoms with van der Waals surface area (Å²) >= 11 is 0. The Bertz CT molecular complexity index is 416. The Labute approximate surface area is 102 Å². The molecule has 1 aromatic heterocycles. The third-order valence-electron chi connectivity index (χ3n) is 2.23. The number of halogens is 3. The first-order valence-electron chi connectivity index (χ1n) is 5.13. The van der Waals surface area contributed by atoms with Crippen LogP contribution in [0.25, 0.3) is 0 Å². The van der Waals surface area contributed by atoms with Crippen molar-refractivity contribution in [2.24, 2.45) is 10.9 Å². The third kappa shape index (κ3) is 3.79. The highest BCUT2D eigenvalue weighted by Gasteiger charge is 2.30. The van der Waals surface area contributed by atoms with Crippen LogP contribution in [0, 0.1) is 0 Å². The van der Waals surface area contributed by atoms with Crippen LogP contribution >= 0.6 is 0 Å². The van der Waals surface area contributed by atoms with E-state index in [0.717, 1.165) is 4.90 Å². The highest BCUT2D eigenvalue weighted by molar-refractivity contribution is 5.96. The van der Waals surface area contributed by atoms with Crippen molar-refractivity contribution in [1.82, 2.24) is 4.98 Å². The first-order valence-corrected chi connectivity index (χ1v) is 5.13. The second-order valence-corrected chi connectivity index (χ2v) is 3.52. The van der Waals surface area contributed by atoms with E-state index in [0.29, 0.717) is 5.56 Å². The molecule has 0 aromatic carbocycles. The van der Waals surface area contributed by atoms with Crippen molar-refractivity contribution in [1.29, 1.82) is 0 Å². The first-order chi connectivity index (χ1) is 8.37. The van der Waals surface area contributed by atoms with Crippen molar-refractivity contribution >= 4 is 11.7 Å². The van der Waals surface area contributed by atoms with Gasteiger partial charge >= 0.3 is 6.18 Å². The van der Waals surface area contributed by atoms with Crippen LogP contribution in [0.15, 0.2) is 23.5 Å². The lowest BCUT2D eigenvalue weighted by atomic mass is 10.2. The van der Waals surface area contributed by atoms with E-state index < -0.39 is 12.7 Å². The average molecular weight is 262 g/mol. The van der Waals surface area contributed by atoms with E-state index in [9.17, 15) is 13.2 Å². The number of oxime groups is 1. The number of hydrogen-bond donors (Lipinski definition) is 2. The number of aromatic nitrogens is 1. The minimum atomic E-state index is -4.29. The molecule has 1 aromatic rings. The van der Waals surface area contributed by atoms with E-state index in [1.54, 1.807) is 6.92 Å². The Morgan fingerprint density at radius 2 is 2.17 bits per heavy atom. The molecule has 0 saturated heterocycles. The van der Waals surface area contributed by atoms with Crippen LogP contribution < -0.4 is 10.6 Å². The molecule has 18 heavy (non-hydrogen) atoms. The summed E-state index contributed by atoms with van der Waals surface area (Å²) in [5, 5.41) is 11.2. The van der Waals surface area contributed by atoms with Crippen molar-refractivity contribution in [3.8, 4) is 0 Å². The molecule has 3 N–H and O–H groups in total. The summed E-state index contributed by atoms with van der Waals surface area (Å²) in [6.07, 6.45) is -3.04. The maximum atomic E-state index is 12.3. The number of hydrogen-bond acceptors (Lipinski definition) is 4. The minimum absolute atomic E-state index is 0.145. The second kappa shape index (κ2) is 5.56. The van der Waals surface area contributed by atoms with E-state index in [2.05, 4.69) is 10.1 Å². The topological polar surface area (TPSA) is 74.7 Å². The maximum absolute atomic E-state index is 12.3. The summed E-state index contributed by atoms with van der Waals surface area (Å²) in [6.45, 7) is 0.708. The van der Waals surface area contributed by atoms with Gasteiger partial charge in [0.15, 0.2) is 5.84 Å². The van der Waals surface area contributed by atoms with E-state index >= 15 is 0 Å². The molecule has 1 rings (SSSR count). The minimum Gasteiger partial charge on any atom is -0.409 e. The van der Waals surface area contributed by atoms with E-state index in [-0.39, 0.29) is 18.2 Å². The van der Waals surface area contributed by atoms with Crippen LogP contribution in [-0.4, -0.2) is 35.3 Å². The van der Waals surface area contributed by atoms with E-state index in [1.165, 1.54) is 18.3 Å². The fraction of sp³-hybridized carbons (Fsp3) is 0.400. The standard InChI is InChI=1S/C10H13F3N4O/c1-2-17(6-10(11,12)13)8-4-3-7(5-15-8)9(14)16-18/h3-5,18H,2,6H2,1H3,(H2,14,16). The van der Waals surface area contributed by atoms with E-state index in [4.69, 9.17) is 10.9 Å². The molecule has 0 spiro atoms. The first kappa shape index (κ1) is 14.1. The average Bonchev–Trinajstić information content (AvgIpc) is 2.34. The van der Waals surface area contributed by atoms with E-state index in [1.807, 2.05) is 0 Å². The van der Waals surface area contributed by atoms with Crippen molar-refractivity contribution < 1.29 is 18.4 Å². The van der Waals surface area contributed by atoms with Crippen molar-refractivity contribution in [3.63, 3.8) is 0 Å². The summed E-state index contributed by atoms with van der Waals surface area (Å²) in [4.78, 5) is 4.94. The molecule has 0 atom stereocenters. The molecular weight excluding hydrogens is 249 g/mol.